The van der Waals surface area contributed by atoms with Crippen molar-refractivity contribution in [2.75, 3.05) is 19.6 Å². The van der Waals surface area contributed by atoms with E-state index in [0.29, 0.717) is 13.1 Å². The summed E-state index contributed by atoms with van der Waals surface area (Å²) in [5.74, 6) is -0.813. The summed E-state index contributed by atoms with van der Waals surface area (Å²) < 4.78 is 11.1. The molecular weight excluding hydrogens is 460 g/mol. The molecule has 1 saturated carbocycles. The van der Waals surface area contributed by atoms with Crippen molar-refractivity contribution in [1.29, 1.82) is 0 Å². The number of carbonyl (C=O) groups excluding carboxylic acids is 3. The lowest BCUT2D eigenvalue weighted by atomic mass is 9.88. The molecule has 3 rings (SSSR count). The smallest absolute Gasteiger partial charge is 0.320 e. The molecule has 0 unspecified atom stereocenters. The van der Waals surface area contributed by atoms with E-state index in [9.17, 15) is 14.4 Å². The topological polar surface area (TPSA) is 101 Å². The standard InChI is InChI=1S/C27H42N4O5/c1-26(2,3)35-24(33)17-30-14-19-10-9-11-20(28-19)15-31(18-25(34)36-27(4,5)6)22-13-8-7-12-21(22)29-23(32)16-30/h9-11,21-22H,7-8,12-18H2,1-6H3,(H,29,32)/t21-,22-/m0/s1. The van der Waals surface area contributed by atoms with Gasteiger partial charge >= 0.3 is 11.9 Å². The maximum atomic E-state index is 13.1. The fourth-order valence-corrected chi connectivity index (χ4v) is 4.87. The molecule has 1 aliphatic carbocycles. The van der Waals surface area contributed by atoms with Crippen LogP contribution in [0.4, 0.5) is 0 Å². The summed E-state index contributed by atoms with van der Waals surface area (Å²) in [6.07, 6.45) is 3.74. The number of carbonyl (C=O) groups is 3. The van der Waals surface area contributed by atoms with E-state index < -0.39 is 11.2 Å². The van der Waals surface area contributed by atoms with Crippen LogP contribution in [0.5, 0.6) is 0 Å². The molecule has 1 aliphatic heterocycles. The highest BCUT2D eigenvalue weighted by atomic mass is 16.6. The van der Waals surface area contributed by atoms with Crippen LogP contribution in [-0.4, -0.2) is 75.5 Å². The Hall–Kier alpha value is -2.52. The number of esters is 2. The molecule has 1 amide bonds. The van der Waals surface area contributed by atoms with Gasteiger partial charge in [-0.2, -0.15) is 0 Å². The molecule has 2 bridgehead atoms. The number of fused-ring (bicyclic) bond motifs is 3. The third-order valence-electron chi connectivity index (χ3n) is 6.05. The monoisotopic (exact) mass is 502 g/mol. The molecule has 9 nitrogen and oxygen atoms in total. The Morgan fingerprint density at radius 3 is 2.14 bits per heavy atom. The molecular formula is C27H42N4O5. The molecule has 1 aromatic heterocycles. The van der Waals surface area contributed by atoms with E-state index in [0.717, 1.165) is 37.1 Å². The Bertz CT molecular complexity index is 937. The summed E-state index contributed by atoms with van der Waals surface area (Å²) in [4.78, 5) is 47.2. The van der Waals surface area contributed by atoms with Crippen molar-refractivity contribution < 1.29 is 23.9 Å². The quantitative estimate of drug-likeness (QED) is 0.628. The fraction of sp³-hybridized carbons (Fsp3) is 0.704. The maximum Gasteiger partial charge on any atom is 0.320 e. The first-order valence-electron chi connectivity index (χ1n) is 12.9. The van der Waals surface area contributed by atoms with Crippen LogP contribution in [0.15, 0.2) is 18.2 Å². The summed E-state index contributed by atoms with van der Waals surface area (Å²) in [5, 5.41) is 3.20. The van der Waals surface area contributed by atoms with Crippen molar-refractivity contribution in [3.8, 4) is 0 Å². The van der Waals surface area contributed by atoms with Crippen molar-refractivity contribution in [2.45, 2.75) is 104 Å². The second-order valence-electron chi connectivity index (χ2n) is 11.9. The summed E-state index contributed by atoms with van der Waals surface area (Å²) in [5.41, 5.74) is 0.419. The molecule has 200 valence electrons. The number of nitrogens with zero attached hydrogens (tertiary/aromatic N) is 3. The van der Waals surface area contributed by atoms with Gasteiger partial charge in [-0.3, -0.25) is 29.2 Å². The van der Waals surface area contributed by atoms with Crippen molar-refractivity contribution in [1.82, 2.24) is 20.1 Å². The first kappa shape index (κ1) is 28.1. The van der Waals surface area contributed by atoms with Crippen molar-refractivity contribution >= 4 is 17.8 Å². The van der Waals surface area contributed by atoms with Crippen LogP contribution in [0, 0.1) is 0 Å². The minimum atomic E-state index is -0.600. The molecule has 1 N–H and O–H groups in total. The molecule has 1 aromatic rings. The number of pyridine rings is 1. The Morgan fingerprint density at radius 1 is 0.917 bits per heavy atom. The van der Waals surface area contributed by atoms with E-state index >= 15 is 0 Å². The predicted octanol–water partition coefficient (Wildman–Crippen LogP) is 2.81. The van der Waals surface area contributed by atoms with E-state index in [-0.39, 0.29) is 49.6 Å². The SMILES string of the molecule is CC(C)(C)OC(=O)CN1CC(=O)N[C@H]2CCCC[C@@H]2N(CC(=O)OC(C)(C)C)Cc2cccc(n2)C1. The van der Waals surface area contributed by atoms with Gasteiger partial charge in [0.1, 0.15) is 11.2 Å². The number of amides is 1. The Balaban J connectivity index is 1.87. The summed E-state index contributed by atoms with van der Waals surface area (Å²) in [6, 6.07) is 5.65. The zero-order chi connectivity index (χ0) is 26.5. The molecule has 9 heteroatoms. The summed E-state index contributed by atoms with van der Waals surface area (Å²) in [6.45, 7) is 12.0. The number of hydrogen-bond acceptors (Lipinski definition) is 8. The zero-order valence-corrected chi connectivity index (χ0v) is 22.6. The van der Waals surface area contributed by atoms with Gasteiger partial charge in [-0.05, 0) is 66.5 Å². The van der Waals surface area contributed by atoms with E-state index in [4.69, 9.17) is 14.5 Å². The van der Waals surface area contributed by atoms with Crippen LogP contribution in [0.2, 0.25) is 0 Å². The first-order valence-corrected chi connectivity index (χ1v) is 12.9. The van der Waals surface area contributed by atoms with Crippen LogP contribution in [0.1, 0.15) is 78.6 Å². The van der Waals surface area contributed by atoms with Gasteiger partial charge in [-0.25, -0.2) is 0 Å². The number of nitrogens with one attached hydrogen (secondary N) is 1. The molecule has 36 heavy (non-hydrogen) atoms. The van der Waals surface area contributed by atoms with Gasteiger partial charge in [0.25, 0.3) is 0 Å². The second kappa shape index (κ2) is 11.7. The maximum absolute atomic E-state index is 13.1. The lowest BCUT2D eigenvalue weighted by Gasteiger charge is -2.40. The largest absolute Gasteiger partial charge is 0.459 e. The highest BCUT2D eigenvalue weighted by Crippen LogP contribution is 2.26. The summed E-state index contributed by atoms with van der Waals surface area (Å²) >= 11 is 0. The molecule has 2 heterocycles. The average molecular weight is 503 g/mol. The highest BCUT2D eigenvalue weighted by molar-refractivity contribution is 5.79. The lowest BCUT2D eigenvalue weighted by molar-refractivity contribution is -0.157. The zero-order valence-electron chi connectivity index (χ0n) is 22.6. The predicted molar refractivity (Wildman–Crippen MR) is 136 cm³/mol. The van der Waals surface area contributed by atoms with Crippen molar-refractivity contribution in [3.63, 3.8) is 0 Å². The summed E-state index contributed by atoms with van der Waals surface area (Å²) in [7, 11) is 0. The molecule has 2 atom stereocenters. The Kier molecular flexibility index (Phi) is 9.11. The van der Waals surface area contributed by atoms with Crippen LogP contribution in [0.3, 0.4) is 0 Å². The highest BCUT2D eigenvalue weighted by Gasteiger charge is 2.34. The number of rotatable bonds is 4. The van der Waals surface area contributed by atoms with Crippen LogP contribution < -0.4 is 5.32 Å². The molecule has 0 spiro atoms. The van der Waals surface area contributed by atoms with E-state index in [1.54, 1.807) is 4.90 Å². The molecule has 0 aromatic carbocycles. The molecule has 1 fully saturated rings. The third-order valence-corrected chi connectivity index (χ3v) is 6.05. The van der Waals surface area contributed by atoms with Crippen LogP contribution >= 0.6 is 0 Å². The second-order valence-corrected chi connectivity index (χ2v) is 11.9. The third kappa shape index (κ3) is 9.17. The number of hydrogen-bond donors (Lipinski definition) is 1. The van der Waals surface area contributed by atoms with Gasteiger partial charge < -0.3 is 14.8 Å². The lowest BCUT2D eigenvalue weighted by Crippen LogP contribution is -2.56. The minimum absolute atomic E-state index is 0.00450. The van der Waals surface area contributed by atoms with E-state index in [2.05, 4.69) is 10.2 Å². The number of aromatic nitrogens is 1. The first-order chi connectivity index (χ1) is 16.8. The minimum Gasteiger partial charge on any atom is -0.459 e. The molecule has 0 saturated heterocycles. The molecule has 2 aliphatic rings. The Morgan fingerprint density at radius 2 is 1.50 bits per heavy atom. The van der Waals surface area contributed by atoms with Crippen LogP contribution in [0.25, 0.3) is 0 Å². The van der Waals surface area contributed by atoms with E-state index in [1.165, 1.54) is 0 Å². The van der Waals surface area contributed by atoms with Gasteiger partial charge in [-0.15, -0.1) is 0 Å². The Labute approximate surface area is 214 Å². The van der Waals surface area contributed by atoms with Gasteiger partial charge in [-0.1, -0.05) is 18.9 Å². The van der Waals surface area contributed by atoms with E-state index in [1.807, 2.05) is 59.7 Å². The average Bonchev–Trinajstić information content (AvgIpc) is 2.70. The van der Waals surface area contributed by atoms with Crippen molar-refractivity contribution in [3.05, 3.63) is 29.6 Å². The van der Waals surface area contributed by atoms with Gasteiger partial charge in [0, 0.05) is 25.2 Å². The molecule has 0 radical (unpaired) electrons. The van der Waals surface area contributed by atoms with Crippen molar-refractivity contribution in [2.24, 2.45) is 0 Å². The van der Waals surface area contributed by atoms with Gasteiger partial charge in [0.2, 0.25) is 5.91 Å². The van der Waals surface area contributed by atoms with Gasteiger partial charge in [0.15, 0.2) is 0 Å². The fourth-order valence-electron chi connectivity index (χ4n) is 4.87. The van der Waals surface area contributed by atoms with Gasteiger partial charge in [0.05, 0.1) is 31.0 Å². The normalized spacial score (nSPS) is 22.4. The number of ether oxygens (including phenoxy) is 2. The van der Waals surface area contributed by atoms with Crippen LogP contribution in [-0.2, 0) is 36.9 Å².